The number of fused-ring (bicyclic) bond motifs is 1. The predicted octanol–water partition coefficient (Wildman–Crippen LogP) is 3.98. The first-order valence-corrected chi connectivity index (χ1v) is 10.1. The van der Waals surface area contributed by atoms with Crippen molar-refractivity contribution in [3.05, 3.63) is 53.9 Å². The number of hydrogen-bond acceptors (Lipinski definition) is 7. The SMILES string of the molecule is O=C(c1cc(-c2ccco2)on1)N1CCSC(c2ccc3c(c2)OCO3)CC1. The number of nitrogens with zero attached hydrogens (tertiary/aromatic N) is 2. The van der Waals surface area contributed by atoms with E-state index in [0.29, 0.717) is 35.6 Å². The van der Waals surface area contributed by atoms with Crippen molar-refractivity contribution in [2.24, 2.45) is 0 Å². The zero-order chi connectivity index (χ0) is 18.9. The van der Waals surface area contributed by atoms with Crippen molar-refractivity contribution in [1.82, 2.24) is 10.1 Å². The first-order chi connectivity index (χ1) is 13.8. The van der Waals surface area contributed by atoms with Gasteiger partial charge in [-0.3, -0.25) is 4.79 Å². The average molecular weight is 398 g/mol. The Morgan fingerprint density at radius 1 is 1.11 bits per heavy atom. The molecule has 5 rings (SSSR count). The molecule has 2 aliphatic rings. The average Bonchev–Trinajstić information content (AvgIpc) is 3.45. The van der Waals surface area contributed by atoms with E-state index in [1.807, 2.05) is 28.8 Å². The number of amides is 1. The molecule has 1 amide bonds. The number of carbonyl (C=O) groups is 1. The summed E-state index contributed by atoms with van der Waals surface area (Å²) in [6, 6.07) is 11.3. The fourth-order valence-corrected chi connectivity index (χ4v) is 4.65. The molecule has 4 heterocycles. The van der Waals surface area contributed by atoms with Gasteiger partial charge in [0.05, 0.1) is 6.26 Å². The Hall–Kier alpha value is -2.87. The maximum absolute atomic E-state index is 12.9. The zero-order valence-corrected chi connectivity index (χ0v) is 15.8. The van der Waals surface area contributed by atoms with Gasteiger partial charge in [-0.1, -0.05) is 11.2 Å². The molecule has 1 atom stereocenters. The molecule has 1 aromatic carbocycles. The molecule has 0 radical (unpaired) electrons. The van der Waals surface area contributed by atoms with Gasteiger partial charge in [0.2, 0.25) is 12.6 Å². The van der Waals surface area contributed by atoms with Crippen LogP contribution in [0.3, 0.4) is 0 Å². The Labute approximate surface area is 165 Å². The minimum atomic E-state index is -0.117. The summed E-state index contributed by atoms with van der Waals surface area (Å²) in [6.07, 6.45) is 2.42. The lowest BCUT2D eigenvalue weighted by Crippen LogP contribution is -2.33. The van der Waals surface area contributed by atoms with Gasteiger partial charge in [-0.25, -0.2) is 0 Å². The maximum Gasteiger partial charge on any atom is 0.276 e. The number of hydrogen-bond donors (Lipinski definition) is 0. The monoisotopic (exact) mass is 398 g/mol. The third-order valence-corrected chi connectivity index (χ3v) is 6.22. The third-order valence-electron chi connectivity index (χ3n) is 4.89. The van der Waals surface area contributed by atoms with E-state index >= 15 is 0 Å². The van der Waals surface area contributed by atoms with Gasteiger partial charge in [-0.2, -0.15) is 11.8 Å². The number of benzene rings is 1. The van der Waals surface area contributed by atoms with Gasteiger partial charge in [0.15, 0.2) is 23.0 Å². The van der Waals surface area contributed by atoms with Crippen LogP contribution < -0.4 is 9.47 Å². The summed E-state index contributed by atoms with van der Waals surface area (Å²) in [5.41, 5.74) is 1.50. The minimum absolute atomic E-state index is 0.117. The van der Waals surface area contributed by atoms with Crippen LogP contribution in [-0.4, -0.2) is 41.6 Å². The number of aromatic nitrogens is 1. The van der Waals surface area contributed by atoms with E-state index in [2.05, 4.69) is 11.2 Å². The lowest BCUT2D eigenvalue weighted by Gasteiger charge is -2.19. The van der Waals surface area contributed by atoms with Crippen molar-refractivity contribution >= 4 is 17.7 Å². The Balaban J connectivity index is 1.27. The van der Waals surface area contributed by atoms with Crippen molar-refractivity contribution in [3.8, 4) is 23.0 Å². The summed E-state index contributed by atoms with van der Waals surface area (Å²) < 4.78 is 21.4. The van der Waals surface area contributed by atoms with Crippen LogP contribution >= 0.6 is 11.8 Å². The van der Waals surface area contributed by atoms with E-state index in [0.717, 1.165) is 23.7 Å². The molecule has 1 unspecified atom stereocenters. The third kappa shape index (κ3) is 3.24. The van der Waals surface area contributed by atoms with Crippen molar-refractivity contribution in [2.75, 3.05) is 25.6 Å². The second-order valence-corrected chi connectivity index (χ2v) is 7.92. The van der Waals surface area contributed by atoms with Crippen molar-refractivity contribution in [2.45, 2.75) is 11.7 Å². The summed E-state index contributed by atoms with van der Waals surface area (Å²) in [7, 11) is 0. The topological polar surface area (TPSA) is 77.9 Å². The summed E-state index contributed by atoms with van der Waals surface area (Å²) >= 11 is 1.85. The number of ether oxygens (including phenoxy) is 2. The van der Waals surface area contributed by atoms with E-state index in [1.165, 1.54) is 5.56 Å². The molecule has 0 aliphatic carbocycles. The number of rotatable bonds is 3. The molecule has 2 aromatic heterocycles. The van der Waals surface area contributed by atoms with Crippen molar-refractivity contribution in [3.63, 3.8) is 0 Å². The molecule has 1 fully saturated rings. The molecular weight excluding hydrogens is 380 g/mol. The fourth-order valence-electron chi connectivity index (χ4n) is 3.43. The van der Waals surface area contributed by atoms with Crippen molar-refractivity contribution < 1.29 is 23.2 Å². The minimum Gasteiger partial charge on any atom is -0.461 e. The highest BCUT2D eigenvalue weighted by molar-refractivity contribution is 7.99. The van der Waals surface area contributed by atoms with Gasteiger partial charge in [-0.15, -0.1) is 0 Å². The van der Waals surface area contributed by atoms with Crippen LogP contribution in [0.1, 0.15) is 27.7 Å². The molecule has 3 aromatic rings. The number of furan rings is 1. The van der Waals surface area contributed by atoms with Gasteiger partial charge < -0.3 is 23.3 Å². The molecule has 28 heavy (non-hydrogen) atoms. The van der Waals surface area contributed by atoms with Crippen molar-refractivity contribution in [1.29, 1.82) is 0 Å². The van der Waals surface area contributed by atoms with E-state index in [9.17, 15) is 4.79 Å². The summed E-state index contributed by atoms with van der Waals surface area (Å²) in [5, 5.41) is 4.24. The lowest BCUT2D eigenvalue weighted by molar-refractivity contribution is 0.0756. The van der Waals surface area contributed by atoms with Crippen LogP contribution in [0.15, 0.2) is 51.6 Å². The first kappa shape index (κ1) is 17.2. The number of thioether (sulfide) groups is 1. The molecule has 2 aliphatic heterocycles. The standard InChI is InChI=1S/C20H18N2O5S/c23-20(14-11-18(27-21-14)15-2-1-8-24-15)22-6-5-19(28-9-7-22)13-3-4-16-17(10-13)26-12-25-16/h1-4,8,10-11,19H,5-7,9,12H2. The summed E-state index contributed by atoms with van der Waals surface area (Å²) in [4.78, 5) is 14.7. The Morgan fingerprint density at radius 2 is 2.04 bits per heavy atom. The molecule has 8 heteroatoms. The highest BCUT2D eigenvalue weighted by Gasteiger charge is 2.26. The van der Waals surface area contributed by atoms with E-state index in [1.54, 1.807) is 24.5 Å². The Kier molecular flexibility index (Phi) is 4.48. The second-order valence-electron chi connectivity index (χ2n) is 6.61. The first-order valence-electron chi connectivity index (χ1n) is 9.09. The van der Waals surface area contributed by atoms with Crippen LogP contribution in [0.4, 0.5) is 0 Å². The lowest BCUT2D eigenvalue weighted by atomic mass is 10.1. The van der Waals surface area contributed by atoms with E-state index < -0.39 is 0 Å². The second kappa shape index (κ2) is 7.27. The van der Waals surface area contributed by atoms with Crippen LogP contribution in [0.2, 0.25) is 0 Å². The number of carbonyl (C=O) groups excluding carboxylic acids is 1. The van der Waals surface area contributed by atoms with Crippen LogP contribution in [-0.2, 0) is 0 Å². The van der Waals surface area contributed by atoms with Crippen LogP contribution in [0.25, 0.3) is 11.5 Å². The van der Waals surface area contributed by atoms with Crippen LogP contribution in [0, 0.1) is 0 Å². The molecule has 7 nitrogen and oxygen atoms in total. The molecule has 144 valence electrons. The quantitative estimate of drug-likeness (QED) is 0.660. The van der Waals surface area contributed by atoms with Gasteiger partial charge in [0.1, 0.15) is 0 Å². The highest BCUT2D eigenvalue weighted by atomic mass is 32.2. The molecule has 0 N–H and O–H groups in total. The molecule has 0 saturated carbocycles. The molecule has 1 saturated heterocycles. The predicted molar refractivity (Wildman–Crippen MR) is 102 cm³/mol. The smallest absolute Gasteiger partial charge is 0.276 e. The van der Waals surface area contributed by atoms with E-state index in [4.69, 9.17) is 18.4 Å². The van der Waals surface area contributed by atoms with Gasteiger partial charge >= 0.3 is 0 Å². The van der Waals surface area contributed by atoms with Gasteiger partial charge in [0, 0.05) is 30.2 Å². The molecular formula is C20H18N2O5S. The van der Waals surface area contributed by atoms with Gasteiger partial charge in [0.25, 0.3) is 5.91 Å². The van der Waals surface area contributed by atoms with Gasteiger partial charge in [-0.05, 0) is 36.2 Å². The molecule has 0 bridgehead atoms. The Morgan fingerprint density at radius 3 is 2.93 bits per heavy atom. The Bertz CT molecular complexity index is 984. The maximum atomic E-state index is 12.9. The highest BCUT2D eigenvalue weighted by Crippen LogP contribution is 2.40. The zero-order valence-electron chi connectivity index (χ0n) is 15.0. The molecule has 0 spiro atoms. The van der Waals surface area contributed by atoms with Crippen LogP contribution in [0.5, 0.6) is 11.5 Å². The summed E-state index contributed by atoms with van der Waals surface area (Å²) in [5.74, 6) is 3.33. The fraction of sp³-hybridized carbons (Fsp3) is 0.300. The normalized spacial score (nSPS) is 18.9. The van der Waals surface area contributed by atoms with E-state index in [-0.39, 0.29) is 12.7 Å². The largest absolute Gasteiger partial charge is 0.461 e. The summed E-state index contributed by atoms with van der Waals surface area (Å²) in [6.45, 7) is 1.61.